The molecule has 0 atom stereocenters. The van der Waals surface area contributed by atoms with E-state index in [0.29, 0.717) is 16.6 Å². The lowest BCUT2D eigenvalue weighted by atomic mass is 10.2. The van der Waals surface area contributed by atoms with E-state index in [1.165, 1.54) is 18.3 Å². The summed E-state index contributed by atoms with van der Waals surface area (Å²) < 4.78 is 5.11. The van der Waals surface area contributed by atoms with E-state index in [1.54, 1.807) is 30.3 Å². The number of ether oxygens (including phenoxy) is 1. The second-order valence-corrected chi connectivity index (χ2v) is 4.71. The summed E-state index contributed by atoms with van der Waals surface area (Å²) in [6.45, 7) is -0.204. The Bertz CT molecular complexity index is 895. The SMILES string of the molecule is O=C(OCc1ccccc1[N+](=O)[O-])c1cnc2ccccc2n1. The van der Waals surface area contributed by atoms with Crippen LogP contribution in [0.15, 0.2) is 54.7 Å². The van der Waals surface area contributed by atoms with Gasteiger partial charge in [0.1, 0.15) is 6.61 Å². The van der Waals surface area contributed by atoms with Crippen LogP contribution in [0.25, 0.3) is 11.0 Å². The molecule has 23 heavy (non-hydrogen) atoms. The van der Waals surface area contributed by atoms with Crippen LogP contribution in [0.1, 0.15) is 16.1 Å². The van der Waals surface area contributed by atoms with Gasteiger partial charge in [-0.15, -0.1) is 0 Å². The van der Waals surface area contributed by atoms with Crippen LogP contribution in [-0.2, 0) is 11.3 Å². The minimum Gasteiger partial charge on any atom is -0.456 e. The summed E-state index contributed by atoms with van der Waals surface area (Å²) in [6.07, 6.45) is 1.32. The number of nitrogens with zero attached hydrogens (tertiary/aromatic N) is 3. The number of esters is 1. The third kappa shape index (κ3) is 3.13. The van der Waals surface area contributed by atoms with Gasteiger partial charge in [-0.2, -0.15) is 0 Å². The van der Waals surface area contributed by atoms with Gasteiger partial charge in [-0.3, -0.25) is 15.1 Å². The van der Waals surface area contributed by atoms with E-state index in [9.17, 15) is 14.9 Å². The van der Waals surface area contributed by atoms with E-state index in [-0.39, 0.29) is 18.0 Å². The number of carbonyl (C=O) groups excluding carboxylic acids is 1. The molecular weight excluding hydrogens is 298 g/mol. The number of benzene rings is 2. The maximum Gasteiger partial charge on any atom is 0.358 e. The summed E-state index contributed by atoms with van der Waals surface area (Å²) in [4.78, 5) is 30.8. The van der Waals surface area contributed by atoms with Crippen LogP contribution in [0.4, 0.5) is 5.69 Å². The first kappa shape index (κ1) is 14.6. The van der Waals surface area contributed by atoms with Gasteiger partial charge in [-0.05, 0) is 18.2 Å². The summed E-state index contributed by atoms with van der Waals surface area (Å²) in [6, 6.07) is 13.2. The van der Waals surface area contributed by atoms with Crippen molar-refractivity contribution in [1.82, 2.24) is 9.97 Å². The molecule has 0 aliphatic carbocycles. The number of nitro groups is 1. The second kappa shape index (κ2) is 6.18. The molecule has 7 heteroatoms. The molecule has 0 unspecified atom stereocenters. The van der Waals surface area contributed by atoms with Crippen molar-refractivity contribution in [1.29, 1.82) is 0 Å². The van der Waals surface area contributed by atoms with Crippen LogP contribution < -0.4 is 0 Å². The minimum absolute atomic E-state index is 0.0577. The number of nitro benzene ring substituents is 1. The van der Waals surface area contributed by atoms with Crippen molar-refractivity contribution in [2.45, 2.75) is 6.61 Å². The first-order valence-corrected chi connectivity index (χ1v) is 6.76. The Balaban J connectivity index is 1.77. The number of carbonyl (C=O) groups is 1. The maximum atomic E-state index is 12.0. The lowest BCUT2D eigenvalue weighted by Crippen LogP contribution is -2.09. The van der Waals surface area contributed by atoms with Crippen LogP contribution in [0, 0.1) is 10.1 Å². The van der Waals surface area contributed by atoms with E-state index in [2.05, 4.69) is 9.97 Å². The molecule has 0 saturated carbocycles. The summed E-state index contributed by atoms with van der Waals surface area (Å²) in [5, 5.41) is 10.9. The average Bonchev–Trinajstić information content (AvgIpc) is 2.59. The molecule has 0 saturated heterocycles. The van der Waals surface area contributed by atoms with E-state index in [4.69, 9.17) is 4.74 Å². The Morgan fingerprint density at radius 3 is 2.57 bits per heavy atom. The zero-order chi connectivity index (χ0) is 16.2. The van der Waals surface area contributed by atoms with E-state index < -0.39 is 10.9 Å². The highest BCUT2D eigenvalue weighted by molar-refractivity contribution is 5.89. The zero-order valence-corrected chi connectivity index (χ0v) is 11.9. The molecule has 0 aliphatic heterocycles. The van der Waals surface area contributed by atoms with Gasteiger partial charge >= 0.3 is 5.97 Å². The fraction of sp³-hybridized carbons (Fsp3) is 0.0625. The van der Waals surface area contributed by atoms with E-state index in [1.807, 2.05) is 6.07 Å². The standard InChI is InChI=1S/C16H11N3O4/c20-16(14-9-17-12-6-2-3-7-13(12)18-14)23-10-11-5-1-4-8-15(11)19(21)22/h1-9H,10H2. The number of fused-ring (bicyclic) bond motifs is 1. The summed E-state index contributed by atoms with van der Waals surface area (Å²) in [5.74, 6) is -0.679. The smallest absolute Gasteiger partial charge is 0.358 e. The highest BCUT2D eigenvalue weighted by Crippen LogP contribution is 2.19. The van der Waals surface area contributed by atoms with Crippen molar-refractivity contribution < 1.29 is 14.5 Å². The molecule has 0 aliphatic rings. The molecular formula is C16H11N3O4. The quantitative estimate of drug-likeness (QED) is 0.418. The molecule has 7 nitrogen and oxygen atoms in total. The van der Waals surface area contributed by atoms with Gasteiger partial charge in [0.25, 0.3) is 5.69 Å². The highest BCUT2D eigenvalue weighted by atomic mass is 16.6. The molecule has 114 valence electrons. The molecule has 0 bridgehead atoms. The van der Waals surface area contributed by atoms with Gasteiger partial charge in [-0.1, -0.05) is 24.3 Å². The second-order valence-electron chi connectivity index (χ2n) is 4.71. The molecule has 0 amide bonds. The normalized spacial score (nSPS) is 10.4. The topological polar surface area (TPSA) is 95.2 Å². The van der Waals surface area contributed by atoms with Crippen LogP contribution in [-0.4, -0.2) is 20.9 Å². The Morgan fingerprint density at radius 2 is 1.78 bits per heavy atom. The monoisotopic (exact) mass is 309 g/mol. The molecule has 1 aromatic heterocycles. The first-order chi connectivity index (χ1) is 11.1. The van der Waals surface area contributed by atoms with Crippen molar-refractivity contribution in [3.63, 3.8) is 0 Å². The summed E-state index contributed by atoms with van der Waals surface area (Å²) >= 11 is 0. The van der Waals surface area contributed by atoms with Crippen molar-refractivity contribution in [2.24, 2.45) is 0 Å². The van der Waals surface area contributed by atoms with Gasteiger partial charge in [0.15, 0.2) is 5.69 Å². The number of hydrogen-bond donors (Lipinski definition) is 0. The molecule has 0 radical (unpaired) electrons. The van der Waals surface area contributed by atoms with E-state index in [0.717, 1.165) is 0 Å². The molecule has 3 rings (SSSR count). The van der Waals surface area contributed by atoms with Gasteiger partial charge in [-0.25, -0.2) is 9.78 Å². The number of hydrogen-bond acceptors (Lipinski definition) is 6. The van der Waals surface area contributed by atoms with Gasteiger partial charge in [0.05, 0.1) is 27.7 Å². The number of aromatic nitrogens is 2. The van der Waals surface area contributed by atoms with E-state index >= 15 is 0 Å². The predicted octanol–water partition coefficient (Wildman–Crippen LogP) is 2.90. The number of rotatable bonds is 4. The minimum atomic E-state index is -0.679. The fourth-order valence-electron chi connectivity index (χ4n) is 2.08. The van der Waals surface area contributed by atoms with Gasteiger partial charge < -0.3 is 4.74 Å². The Labute approximate surface area is 130 Å². The molecule has 2 aromatic carbocycles. The summed E-state index contributed by atoms with van der Waals surface area (Å²) in [5.41, 5.74) is 1.53. The largest absolute Gasteiger partial charge is 0.456 e. The van der Waals surface area contributed by atoms with Crippen molar-refractivity contribution in [2.75, 3.05) is 0 Å². The molecule has 1 heterocycles. The Morgan fingerprint density at radius 1 is 1.09 bits per heavy atom. The summed E-state index contributed by atoms with van der Waals surface area (Å²) in [7, 11) is 0. The molecule has 0 fully saturated rings. The van der Waals surface area contributed by atoms with Gasteiger partial charge in [0, 0.05) is 6.07 Å². The lowest BCUT2D eigenvalue weighted by Gasteiger charge is -2.05. The first-order valence-electron chi connectivity index (χ1n) is 6.76. The van der Waals surface area contributed by atoms with Crippen molar-refractivity contribution in [3.8, 4) is 0 Å². The van der Waals surface area contributed by atoms with Crippen LogP contribution in [0.3, 0.4) is 0 Å². The van der Waals surface area contributed by atoms with Crippen molar-refractivity contribution in [3.05, 3.63) is 76.1 Å². The Hall–Kier alpha value is -3.35. The predicted molar refractivity (Wildman–Crippen MR) is 81.8 cm³/mol. The highest BCUT2D eigenvalue weighted by Gasteiger charge is 2.16. The molecule has 3 aromatic rings. The fourth-order valence-corrected chi connectivity index (χ4v) is 2.08. The Kier molecular flexibility index (Phi) is 3.92. The van der Waals surface area contributed by atoms with Gasteiger partial charge in [0.2, 0.25) is 0 Å². The number of para-hydroxylation sites is 3. The van der Waals surface area contributed by atoms with Crippen LogP contribution in [0.5, 0.6) is 0 Å². The third-order valence-corrected chi connectivity index (χ3v) is 3.20. The molecule has 0 spiro atoms. The van der Waals surface area contributed by atoms with Crippen LogP contribution in [0.2, 0.25) is 0 Å². The van der Waals surface area contributed by atoms with Crippen LogP contribution >= 0.6 is 0 Å². The zero-order valence-electron chi connectivity index (χ0n) is 11.9. The average molecular weight is 309 g/mol. The van der Waals surface area contributed by atoms with Crippen molar-refractivity contribution >= 4 is 22.7 Å². The lowest BCUT2D eigenvalue weighted by molar-refractivity contribution is -0.385. The molecule has 0 N–H and O–H groups in total. The third-order valence-electron chi connectivity index (χ3n) is 3.20. The maximum absolute atomic E-state index is 12.0.